The van der Waals surface area contributed by atoms with E-state index in [0.717, 1.165) is 25.1 Å². The molecule has 3 heterocycles. The summed E-state index contributed by atoms with van der Waals surface area (Å²) in [6.07, 6.45) is 2.77. The van der Waals surface area contributed by atoms with E-state index in [4.69, 9.17) is 17.0 Å². The molecule has 0 bridgehead atoms. The Morgan fingerprint density at radius 3 is 2.70 bits per heavy atom. The Kier molecular flexibility index (Phi) is 9.99. The van der Waals surface area contributed by atoms with Crippen LogP contribution in [0.25, 0.3) is 10.2 Å². The standard InChI is InChI=1S/C28H26FN5O3S2.ClH/c29-20-13-19(33-28(38)34-25(35)12-17-4-2-1-3-5-17)6-7-22(20)37-23-9-11-31-21-14-24(39-26(21)23)27(36)32-16-18-8-10-30-15-18;/h1-7,9,11,13-14,18,30H,8,10,12,15-16H2,(H,32,36)(H2,33,34,35,38);1H/t18-;/m0./s1. The summed E-state index contributed by atoms with van der Waals surface area (Å²) in [5.74, 6) is -0.235. The molecule has 0 saturated carbocycles. The second kappa shape index (κ2) is 13.6. The van der Waals surface area contributed by atoms with Crippen LogP contribution in [0.3, 0.4) is 0 Å². The summed E-state index contributed by atoms with van der Waals surface area (Å²) in [5.41, 5.74) is 1.81. The lowest BCUT2D eigenvalue weighted by molar-refractivity contribution is -0.119. The van der Waals surface area contributed by atoms with Crippen molar-refractivity contribution in [1.29, 1.82) is 0 Å². The Morgan fingerprint density at radius 1 is 1.12 bits per heavy atom. The lowest BCUT2D eigenvalue weighted by Crippen LogP contribution is -2.35. The molecular weight excluding hydrogens is 573 g/mol. The number of rotatable bonds is 8. The number of amides is 2. The summed E-state index contributed by atoms with van der Waals surface area (Å²) in [5, 5.41) is 11.7. The minimum atomic E-state index is -0.622. The number of thiophene rings is 1. The molecule has 1 aliphatic heterocycles. The third kappa shape index (κ3) is 7.51. The molecule has 0 unspecified atom stereocenters. The van der Waals surface area contributed by atoms with Crippen molar-refractivity contribution in [2.75, 3.05) is 25.0 Å². The summed E-state index contributed by atoms with van der Waals surface area (Å²) in [7, 11) is 0. The van der Waals surface area contributed by atoms with Gasteiger partial charge in [-0.15, -0.1) is 23.7 Å². The monoisotopic (exact) mass is 599 g/mol. The number of thiocarbonyl (C=S) groups is 1. The number of hydrogen-bond acceptors (Lipinski definition) is 7. The van der Waals surface area contributed by atoms with Crippen molar-refractivity contribution >= 4 is 68.8 Å². The van der Waals surface area contributed by atoms with Crippen molar-refractivity contribution in [1.82, 2.24) is 20.9 Å². The van der Waals surface area contributed by atoms with Crippen LogP contribution in [-0.2, 0) is 11.2 Å². The zero-order valence-electron chi connectivity index (χ0n) is 21.2. The lowest BCUT2D eigenvalue weighted by atomic mass is 10.1. The van der Waals surface area contributed by atoms with Gasteiger partial charge in [-0.05, 0) is 61.4 Å². The number of hydrogen-bond donors (Lipinski definition) is 4. The summed E-state index contributed by atoms with van der Waals surface area (Å²) >= 11 is 6.45. The number of fused-ring (bicyclic) bond motifs is 1. The van der Waals surface area contributed by atoms with Gasteiger partial charge >= 0.3 is 0 Å². The van der Waals surface area contributed by atoms with Gasteiger partial charge in [0.25, 0.3) is 5.91 Å². The number of carbonyl (C=O) groups is 2. The maximum atomic E-state index is 14.9. The molecule has 1 saturated heterocycles. The lowest BCUT2D eigenvalue weighted by Gasteiger charge is -2.12. The van der Waals surface area contributed by atoms with E-state index in [-0.39, 0.29) is 41.5 Å². The number of aromatic nitrogens is 1. The van der Waals surface area contributed by atoms with Crippen LogP contribution < -0.4 is 26.0 Å². The molecule has 4 N–H and O–H groups in total. The molecule has 0 spiro atoms. The highest BCUT2D eigenvalue weighted by Crippen LogP contribution is 2.36. The third-order valence-electron chi connectivity index (χ3n) is 6.18. The number of nitrogens with zero attached hydrogens (tertiary/aromatic N) is 1. The molecule has 40 heavy (non-hydrogen) atoms. The summed E-state index contributed by atoms with van der Waals surface area (Å²) in [6, 6.07) is 16.9. The Hall–Kier alpha value is -3.64. The SMILES string of the molecule is Cl.O=C(Cc1ccccc1)NC(=S)Nc1ccc(Oc2ccnc3cc(C(=O)NC[C@H]4CCNC4)sc23)c(F)c1. The molecule has 0 radical (unpaired) electrons. The van der Waals surface area contributed by atoms with Gasteiger partial charge in [-0.25, -0.2) is 4.39 Å². The number of benzene rings is 2. The normalized spacial score (nSPS) is 14.3. The van der Waals surface area contributed by atoms with Crippen molar-refractivity contribution in [3.63, 3.8) is 0 Å². The van der Waals surface area contributed by atoms with Crippen LogP contribution in [0, 0.1) is 11.7 Å². The molecule has 2 amide bonds. The topological polar surface area (TPSA) is 104 Å². The zero-order valence-corrected chi connectivity index (χ0v) is 23.7. The van der Waals surface area contributed by atoms with E-state index in [9.17, 15) is 14.0 Å². The minimum Gasteiger partial charge on any atom is -0.453 e. The predicted molar refractivity (Wildman–Crippen MR) is 161 cm³/mol. The summed E-state index contributed by atoms with van der Waals surface area (Å²) < 4.78 is 21.5. The second-order valence-corrected chi connectivity index (χ2v) is 10.6. The average Bonchev–Trinajstić information content (AvgIpc) is 3.60. The van der Waals surface area contributed by atoms with Gasteiger partial charge in [0.05, 0.1) is 21.5 Å². The molecular formula is C28H27ClFN5O3S2. The first-order valence-electron chi connectivity index (χ1n) is 12.4. The molecule has 12 heteroatoms. The van der Waals surface area contributed by atoms with E-state index in [1.165, 1.54) is 23.5 Å². The fraction of sp³-hybridized carbons (Fsp3) is 0.214. The fourth-order valence-corrected chi connectivity index (χ4v) is 5.43. The highest BCUT2D eigenvalue weighted by molar-refractivity contribution is 7.80. The maximum absolute atomic E-state index is 14.9. The molecule has 1 aliphatic rings. The van der Waals surface area contributed by atoms with Crippen LogP contribution in [0.15, 0.2) is 66.9 Å². The van der Waals surface area contributed by atoms with Gasteiger partial charge in [0.2, 0.25) is 5.91 Å². The third-order valence-corrected chi connectivity index (χ3v) is 7.53. The Bertz CT molecular complexity index is 1510. The highest BCUT2D eigenvalue weighted by atomic mass is 35.5. The van der Waals surface area contributed by atoms with Crippen molar-refractivity contribution in [2.24, 2.45) is 5.92 Å². The highest BCUT2D eigenvalue weighted by Gasteiger charge is 2.19. The number of carbonyl (C=O) groups excluding carboxylic acids is 2. The van der Waals surface area contributed by atoms with Gasteiger partial charge in [0.15, 0.2) is 16.7 Å². The van der Waals surface area contributed by atoms with Gasteiger partial charge in [-0.1, -0.05) is 30.3 Å². The van der Waals surface area contributed by atoms with Crippen molar-refractivity contribution in [3.8, 4) is 11.5 Å². The molecule has 4 aromatic rings. The number of ether oxygens (including phenoxy) is 1. The van der Waals surface area contributed by atoms with Gasteiger partial charge in [-0.2, -0.15) is 0 Å². The Balaban J connectivity index is 0.00000370. The molecule has 1 atom stereocenters. The van der Waals surface area contributed by atoms with Crippen LogP contribution in [0.1, 0.15) is 21.7 Å². The van der Waals surface area contributed by atoms with Gasteiger partial charge in [-0.3, -0.25) is 14.6 Å². The Labute approximate surface area is 246 Å². The number of anilines is 1. The average molecular weight is 600 g/mol. The van der Waals surface area contributed by atoms with Crippen LogP contribution in [0.5, 0.6) is 11.5 Å². The fourth-order valence-electron chi connectivity index (χ4n) is 4.21. The van der Waals surface area contributed by atoms with E-state index in [1.807, 2.05) is 30.3 Å². The van der Waals surface area contributed by atoms with E-state index in [1.54, 1.807) is 24.4 Å². The molecule has 0 aliphatic carbocycles. The van der Waals surface area contributed by atoms with E-state index in [0.29, 0.717) is 39.0 Å². The van der Waals surface area contributed by atoms with E-state index in [2.05, 4.69) is 26.3 Å². The molecule has 5 rings (SSSR count). The predicted octanol–water partition coefficient (Wildman–Crippen LogP) is 5.04. The summed E-state index contributed by atoms with van der Waals surface area (Å²) in [4.78, 5) is 29.8. The summed E-state index contributed by atoms with van der Waals surface area (Å²) in [6.45, 7) is 2.49. The van der Waals surface area contributed by atoms with Crippen LogP contribution in [0.4, 0.5) is 10.1 Å². The van der Waals surface area contributed by atoms with Crippen molar-refractivity contribution in [3.05, 3.63) is 83.1 Å². The number of pyridine rings is 1. The molecule has 1 fully saturated rings. The van der Waals surface area contributed by atoms with Gasteiger partial charge < -0.3 is 26.0 Å². The first-order valence-corrected chi connectivity index (χ1v) is 13.7. The first-order chi connectivity index (χ1) is 18.9. The molecule has 2 aromatic heterocycles. The Morgan fingerprint density at radius 2 is 1.95 bits per heavy atom. The first kappa shape index (κ1) is 29.3. The van der Waals surface area contributed by atoms with Crippen molar-refractivity contribution in [2.45, 2.75) is 12.8 Å². The largest absolute Gasteiger partial charge is 0.453 e. The van der Waals surface area contributed by atoms with Crippen molar-refractivity contribution < 1.29 is 18.7 Å². The van der Waals surface area contributed by atoms with E-state index >= 15 is 0 Å². The molecule has 208 valence electrons. The molecule has 8 nitrogen and oxygen atoms in total. The smallest absolute Gasteiger partial charge is 0.261 e. The van der Waals surface area contributed by atoms with Gasteiger partial charge in [0.1, 0.15) is 5.75 Å². The van der Waals surface area contributed by atoms with Crippen LogP contribution in [0.2, 0.25) is 0 Å². The van der Waals surface area contributed by atoms with Gasteiger partial charge in [0, 0.05) is 30.6 Å². The molecule has 2 aromatic carbocycles. The van der Waals surface area contributed by atoms with Crippen LogP contribution in [-0.4, -0.2) is 41.5 Å². The second-order valence-electron chi connectivity index (χ2n) is 9.11. The zero-order chi connectivity index (χ0) is 27.2. The number of nitrogens with one attached hydrogen (secondary N) is 4. The maximum Gasteiger partial charge on any atom is 0.261 e. The quantitative estimate of drug-likeness (QED) is 0.210. The minimum absolute atomic E-state index is 0. The van der Waals surface area contributed by atoms with E-state index < -0.39 is 5.82 Å². The number of halogens is 2. The van der Waals surface area contributed by atoms with Crippen LogP contribution >= 0.6 is 36.0 Å².